The molecule has 0 radical (unpaired) electrons. The molecule has 0 bridgehead atoms. The molecule has 31 heavy (non-hydrogen) atoms. The molecule has 0 unspecified atom stereocenters. The number of aryl methyl sites for hydroxylation is 2. The van der Waals surface area contributed by atoms with Gasteiger partial charge in [0.15, 0.2) is 5.82 Å². The van der Waals surface area contributed by atoms with E-state index in [4.69, 9.17) is 18.8 Å². The molecule has 0 atom stereocenters. The summed E-state index contributed by atoms with van der Waals surface area (Å²) in [5.74, 6) is 3.58. The van der Waals surface area contributed by atoms with Crippen molar-refractivity contribution in [2.45, 2.75) is 76.5 Å². The number of hydrogen-bond donors (Lipinski definition) is 0. The lowest BCUT2D eigenvalue weighted by Gasteiger charge is -2.40. The number of carbonyl (C=O) groups is 1. The highest BCUT2D eigenvalue weighted by Crippen LogP contribution is 2.47. The lowest BCUT2D eigenvalue weighted by molar-refractivity contribution is -0.132. The first-order valence-corrected chi connectivity index (χ1v) is 11.7. The SMILES string of the molecule is Cc1noc(C)c1CC(=O)N1CCC(CC2CC2)(c2noc(C3CCOCC3)n2)CC1. The molecular formula is C23H32N4O4. The molecule has 4 heterocycles. The summed E-state index contributed by atoms with van der Waals surface area (Å²) in [6, 6.07) is 0. The van der Waals surface area contributed by atoms with Crippen LogP contribution in [0.25, 0.3) is 0 Å². The summed E-state index contributed by atoms with van der Waals surface area (Å²) < 4.78 is 16.4. The largest absolute Gasteiger partial charge is 0.381 e. The first kappa shape index (κ1) is 20.7. The van der Waals surface area contributed by atoms with Crippen LogP contribution in [0.15, 0.2) is 9.05 Å². The van der Waals surface area contributed by atoms with Crippen molar-refractivity contribution in [3.63, 3.8) is 0 Å². The van der Waals surface area contributed by atoms with Crippen molar-refractivity contribution in [3.8, 4) is 0 Å². The van der Waals surface area contributed by atoms with E-state index in [1.54, 1.807) is 0 Å². The number of piperidine rings is 1. The van der Waals surface area contributed by atoms with Gasteiger partial charge in [0.25, 0.3) is 0 Å². The second-order valence-corrected chi connectivity index (χ2v) is 9.63. The predicted octanol–water partition coefficient (Wildman–Crippen LogP) is 3.47. The van der Waals surface area contributed by atoms with Crippen molar-refractivity contribution in [2.75, 3.05) is 26.3 Å². The highest BCUT2D eigenvalue weighted by molar-refractivity contribution is 5.79. The number of likely N-dealkylation sites (tertiary alicyclic amines) is 1. The fourth-order valence-corrected chi connectivity index (χ4v) is 5.16. The van der Waals surface area contributed by atoms with Crippen LogP contribution in [0.4, 0.5) is 0 Å². The Balaban J connectivity index is 1.28. The number of amides is 1. The third-order valence-electron chi connectivity index (χ3n) is 7.45. The molecule has 0 aromatic carbocycles. The zero-order chi connectivity index (χ0) is 21.4. The molecule has 8 nitrogen and oxygen atoms in total. The van der Waals surface area contributed by atoms with Crippen LogP contribution in [0, 0.1) is 19.8 Å². The molecule has 1 amide bonds. The van der Waals surface area contributed by atoms with Crippen molar-refractivity contribution in [1.29, 1.82) is 0 Å². The monoisotopic (exact) mass is 428 g/mol. The molecule has 2 aliphatic heterocycles. The summed E-state index contributed by atoms with van der Waals surface area (Å²) in [7, 11) is 0. The maximum atomic E-state index is 13.0. The summed E-state index contributed by atoms with van der Waals surface area (Å²) in [5.41, 5.74) is 1.64. The highest BCUT2D eigenvalue weighted by atomic mass is 16.5. The fourth-order valence-electron chi connectivity index (χ4n) is 5.16. The minimum Gasteiger partial charge on any atom is -0.381 e. The Hall–Kier alpha value is -2.22. The molecule has 2 aromatic heterocycles. The zero-order valence-electron chi connectivity index (χ0n) is 18.6. The topological polar surface area (TPSA) is 94.5 Å². The molecule has 2 aromatic rings. The van der Waals surface area contributed by atoms with E-state index in [0.29, 0.717) is 12.3 Å². The average molecular weight is 429 g/mol. The lowest BCUT2D eigenvalue weighted by Crippen LogP contribution is -2.46. The maximum Gasteiger partial charge on any atom is 0.229 e. The van der Waals surface area contributed by atoms with Crippen molar-refractivity contribution in [2.24, 2.45) is 5.92 Å². The summed E-state index contributed by atoms with van der Waals surface area (Å²) in [6.45, 7) is 6.75. The normalized spacial score (nSPS) is 22.1. The van der Waals surface area contributed by atoms with Crippen LogP contribution >= 0.6 is 0 Å². The van der Waals surface area contributed by atoms with Gasteiger partial charge in [-0.15, -0.1) is 0 Å². The molecular weight excluding hydrogens is 396 g/mol. The number of carbonyl (C=O) groups excluding carboxylic acids is 1. The van der Waals surface area contributed by atoms with Crippen LogP contribution in [0.5, 0.6) is 0 Å². The Labute approximate surface area is 182 Å². The van der Waals surface area contributed by atoms with Gasteiger partial charge in [-0.2, -0.15) is 4.98 Å². The standard InChI is InChI=1S/C23H32N4O4/c1-15-19(16(2)30-25-15)13-20(28)27-9-7-23(8-10-27,14-17-3-4-17)22-24-21(31-26-22)18-5-11-29-12-6-18/h17-18H,3-14H2,1-2H3. The molecule has 0 N–H and O–H groups in total. The van der Waals surface area contributed by atoms with E-state index >= 15 is 0 Å². The number of hydrogen-bond acceptors (Lipinski definition) is 7. The van der Waals surface area contributed by atoms with Crippen molar-refractivity contribution >= 4 is 5.91 Å². The van der Waals surface area contributed by atoms with Gasteiger partial charge in [0, 0.05) is 43.2 Å². The highest BCUT2D eigenvalue weighted by Gasteiger charge is 2.45. The molecule has 3 aliphatic rings. The Morgan fingerprint density at radius 2 is 1.81 bits per heavy atom. The van der Waals surface area contributed by atoms with Crippen molar-refractivity contribution in [1.82, 2.24) is 20.2 Å². The van der Waals surface area contributed by atoms with Gasteiger partial charge in [-0.3, -0.25) is 4.79 Å². The smallest absolute Gasteiger partial charge is 0.229 e. The Kier molecular flexibility index (Phi) is 5.58. The molecule has 5 rings (SSSR count). The Morgan fingerprint density at radius 1 is 1.06 bits per heavy atom. The lowest BCUT2D eigenvalue weighted by atomic mass is 9.73. The second-order valence-electron chi connectivity index (χ2n) is 9.63. The van der Waals surface area contributed by atoms with Gasteiger partial charge in [0.1, 0.15) is 5.76 Å². The first-order chi connectivity index (χ1) is 15.0. The van der Waals surface area contributed by atoms with Gasteiger partial charge in [-0.25, -0.2) is 0 Å². The number of aromatic nitrogens is 3. The molecule has 1 saturated carbocycles. The number of nitrogens with zero attached hydrogens (tertiary/aromatic N) is 4. The van der Waals surface area contributed by atoms with E-state index in [9.17, 15) is 4.79 Å². The van der Waals surface area contributed by atoms with Gasteiger partial charge in [-0.1, -0.05) is 23.2 Å². The van der Waals surface area contributed by atoms with Crippen LogP contribution < -0.4 is 0 Å². The number of ether oxygens (including phenoxy) is 1. The third kappa shape index (κ3) is 4.27. The van der Waals surface area contributed by atoms with Crippen LogP contribution in [0.2, 0.25) is 0 Å². The van der Waals surface area contributed by atoms with Crippen LogP contribution in [-0.2, 0) is 21.4 Å². The van der Waals surface area contributed by atoms with Gasteiger partial charge in [0.2, 0.25) is 11.8 Å². The van der Waals surface area contributed by atoms with Crippen LogP contribution in [0.3, 0.4) is 0 Å². The first-order valence-electron chi connectivity index (χ1n) is 11.7. The Morgan fingerprint density at radius 3 is 2.45 bits per heavy atom. The minimum atomic E-state index is -0.0755. The zero-order valence-corrected chi connectivity index (χ0v) is 18.6. The molecule has 0 spiro atoms. The van der Waals surface area contributed by atoms with E-state index in [2.05, 4.69) is 10.3 Å². The average Bonchev–Trinajstić information content (AvgIpc) is 3.35. The number of rotatable bonds is 6. The summed E-state index contributed by atoms with van der Waals surface area (Å²) in [6.07, 6.45) is 7.72. The summed E-state index contributed by atoms with van der Waals surface area (Å²) >= 11 is 0. The van der Waals surface area contributed by atoms with E-state index in [0.717, 1.165) is 93.1 Å². The predicted molar refractivity (Wildman–Crippen MR) is 112 cm³/mol. The van der Waals surface area contributed by atoms with Crippen molar-refractivity contribution < 1.29 is 18.6 Å². The fraction of sp³-hybridized carbons (Fsp3) is 0.739. The second kappa shape index (κ2) is 8.37. The van der Waals surface area contributed by atoms with Gasteiger partial charge < -0.3 is 18.7 Å². The van der Waals surface area contributed by atoms with Gasteiger partial charge >= 0.3 is 0 Å². The molecule has 168 valence electrons. The van der Waals surface area contributed by atoms with E-state index in [1.807, 2.05) is 18.7 Å². The van der Waals surface area contributed by atoms with Gasteiger partial charge in [-0.05, 0) is 51.9 Å². The summed E-state index contributed by atoms with van der Waals surface area (Å²) in [5, 5.41) is 8.45. The molecule has 1 aliphatic carbocycles. The van der Waals surface area contributed by atoms with E-state index in [-0.39, 0.29) is 11.3 Å². The minimum absolute atomic E-state index is 0.0755. The van der Waals surface area contributed by atoms with E-state index < -0.39 is 0 Å². The quantitative estimate of drug-likeness (QED) is 0.695. The molecule has 8 heteroatoms. The molecule has 3 fully saturated rings. The van der Waals surface area contributed by atoms with Gasteiger partial charge in [0.05, 0.1) is 12.1 Å². The van der Waals surface area contributed by atoms with Crippen LogP contribution in [-0.4, -0.2) is 52.4 Å². The van der Waals surface area contributed by atoms with Crippen molar-refractivity contribution in [3.05, 3.63) is 28.7 Å². The molecule has 2 saturated heterocycles. The van der Waals surface area contributed by atoms with E-state index in [1.165, 1.54) is 12.8 Å². The van der Waals surface area contributed by atoms with Crippen LogP contribution in [0.1, 0.15) is 79.6 Å². The third-order valence-corrected chi connectivity index (χ3v) is 7.45. The summed E-state index contributed by atoms with van der Waals surface area (Å²) in [4.78, 5) is 19.8. The maximum absolute atomic E-state index is 13.0. The Bertz CT molecular complexity index is 898.